The van der Waals surface area contributed by atoms with Gasteiger partial charge in [0, 0.05) is 12.6 Å². The maximum Gasteiger partial charge on any atom is 0.411 e. The summed E-state index contributed by atoms with van der Waals surface area (Å²) in [4.78, 5) is 37.2. The molecule has 174 valence electrons. The number of nitrogens with zero attached hydrogens (tertiary/aromatic N) is 2. The normalized spacial score (nSPS) is 10.5. The van der Waals surface area contributed by atoms with Crippen molar-refractivity contribution < 1.29 is 28.5 Å². The number of esters is 1. The van der Waals surface area contributed by atoms with Gasteiger partial charge in [0.05, 0.1) is 20.8 Å². The van der Waals surface area contributed by atoms with E-state index in [9.17, 15) is 14.4 Å². The van der Waals surface area contributed by atoms with Gasteiger partial charge in [-0.1, -0.05) is 9.90 Å². The van der Waals surface area contributed by atoms with Crippen molar-refractivity contribution in [3.8, 4) is 17.2 Å². The summed E-state index contributed by atoms with van der Waals surface area (Å²) in [6.07, 6.45) is 1.17. The summed E-state index contributed by atoms with van der Waals surface area (Å²) in [5.74, 6) is 0.406. The summed E-state index contributed by atoms with van der Waals surface area (Å²) in [7, 11) is 3.11. The molecular weight excluding hydrogens is 428 g/mol. The Kier molecular flexibility index (Phi) is 7.85. The molecule has 0 fully saturated rings. The van der Waals surface area contributed by atoms with Gasteiger partial charge in [0.1, 0.15) is 18.0 Å². The summed E-state index contributed by atoms with van der Waals surface area (Å²) in [5.41, 5.74) is 0.539. The summed E-state index contributed by atoms with van der Waals surface area (Å²) < 4.78 is 18.0. The third-order valence-electron chi connectivity index (χ3n) is 4.87. The molecular formula is C23H27N4O6+. The van der Waals surface area contributed by atoms with Crippen LogP contribution in [0.5, 0.6) is 11.5 Å². The number of aryl methyl sites for hydroxylation is 1. The molecule has 10 heteroatoms. The van der Waals surface area contributed by atoms with E-state index in [2.05, 4.69) is 10.5 Å². The number of amides is 1. The zero-order chi connectivity index (χ0) is 23.8. The zero-order valence-corrected chi connectivity index (χ0v) is 18.8. The molecule has 3 aromatic rings. The Morgan fingerprint density at radius 2 is 1.58 bits per heavy atom. The Morgan fingerprint density at radius 1 is 0.970 bits per heavy atom. The van der Waals surface area contributed by atoms with Gasteiger partial charge in [-0.3, -0.25) is 9.59 Å². The van der Waals surface area contributed by atoms with Gasteiger partial charge in [-0.15, -0.1) is 4.68 Å². The molecule has 2 N–H and O–H groups in total. The van der Waals surface area contributed by atoms with Crippen molar-refractivity contribution >= 4 is 17.6 Å². The van der Waals surface area contributed by atoms with E-state index in [1.165, 1.54) is 16.3 Å². The molecule has 0 aliphatic carbocycles. The predicted molar refractivity (Wildman–Crippen MR) is 120 cm³/mol. The first kappa shape index (κ1) is 23.6. The maximum absolute atomic E-state index is 13.2. The molecule has 1 amide bonds. The lowest BCUT2D eigenvalue weighted by Crippen LogP contribution is -2.45. The van der Waals surface area contributed by atoms with E-state index in [-0.39, 0.29) is 18.3 Å². The Morgan fingerprint density at radius 3 is 2.15 bits per heavy atom. The molecule has 0 spiro atoms. The van der Waals surface area contributed by atoms with Gasteiger partial charge in [0.2, 0.25) is 0 Å². The van der Waals surface area contributed by atoms with Crippen LogP contribution in [-0.4, -0.2) is 42.6 Å². The van der Waals surface area contributed by atoms with Crippen LogP contribution in [0.3, 0.4) is 0 Å². The number of aromatic nitrogens is 3. The summed E-state index contributed by atoms with van der Waals surface area (Å²) in [5, 5.41) is 5.73. The van der Waals surface area contributed by atoms with Crippen LogP contribution in [0.4, 0.5) is 5.69 Å². The maximum atomic E-state index is 13.2. The minimum atomic E-state index is -0.548. The lowest BCUT2D eigenvalue weighted by Gasteiger charge is -2.05. The fourth-order valence-electron chi connectivity index (χ4n) is 3.18. The Bertz CT molecular complexity index is 1150. The molecule has 0 bridgehead atoms. The molecule has 0 aliphatic heterocycles. The number of anilines is 1. The van der Waals surface area contributed by atoms with Gasteiger partial charge in [0.25, 0.3) is 0 Å². The van der Waals surface area contributed by atoms with Gasteiger partial charge >= 0.3 is 23.1 Å². The Hall–Kier alpha value is -4.08. The molecule has 0 saturated heterocycles. The number of carbonyl (C=O) groups excluding carboxylic acids is 2. The Balaban J connectivity index is 1.87. The molecule has 0 saturated carbocycles. The second-order valence-corrected chi connectivity index (χ2v) is 7.17. The molecule has 33 heavy (non-hydrogen) atoms. The second-order valence-electron chi connectivity index (χ2n) is 7.17. The quantitative estimate of drug-likeness (QED) is 0.275. The van der Waals surface area contributed by atoms with E-state index in [0.717, 1.165) is 0 Å². The molecule has 0 unspecified atom stereocenters. The number of ether oxygens (including phenoxy) is 3. The van der Waals surface area contributed by atoms with Crippen molar-refractivity contribution in [2.24, 2.45) is 0 Å². The standard InChI is InChI=1S/C23H26N4O6/c1-16(28)33-15-5-4-14-26-21(22(29)24-17-6-10-19(31-2)11-7-17)23(30)27(25-26)18-8-12-20(32-3)13-9-18/h6-13H,4-5,14-15H2,1-3H3,(H-,24,25,29,30)/p+1. The molecule has 0 aliphatic rings. The first-order valence-electron chi connectivity index (χ1n) is 10.4. The largest absolute Gasteiger partial charge is 0.497 e. The highest BCUT2D eigenvalue weighted by molar-refractivity contribution is 6.01. The van der Waals surface area contributed by atoms with Crippen molar-refractivity contribution in [2.75, 3.05) is 26.1 Å². The van der Waals surface area contributed by atoms with Crippen LogP contribution in [-0.2, 0) is 16.1 Å². The molecule has 1 aromatic heterocycles. The van der Waals surface area contributed by atoms with Gasteiger partial charge in [0.15, 0.2) is 5.69 Å². The van der Waals surface area contributed by atoms with Crippen molar-refractivity contribution in [3.63, 3.8) is 0 Å². The van der Waals surface area contributed by atoms with E-state index in [4.69, 9.17) is 14.2 Å². The van der Waals surface area contributed by atoms with Gasteiger partial charge < -0.3 is 19.5 Å². The molecule has 1 heterocycles. The molecule has 10 nitrogen and oxygen atoms in total. The number of rotatable bonds is 10. The lowest BCUT2D eigenvalue weighted by molar-refractivity contribution is -0.756. The van der Waals surface area contributed by atoms with Crippen LogP contribution in [0, 0.1) is 0 Å². The average Bonchev–Trinajstić information content (AvgIpc) is 3.15. The van der Waals surface area contributed by atoms with Gasteiger partial charge in [-0.2, -0.15) is 0 Å². The minimum Gasteiger partial charge on any atom is -0.497 e. The average molecular weight is 455 g/mol. The fourth-order valence-corrected chi connectivity index (χ4v) is 3.18. The van der Waals surface area contributed by atoms with Crippen molar-refractivity contribution in [2.45, 2.75) is 26.3 Å². The first-order chi connectivity index (χ1) is 15.9. The van der Waals surface area contributed by atoms with Crippen LogP contribution in [0.1, 0.15) is 30.3 Å². The SMILES string of the molecule is COc1ccc(NC(=O)c2c(=O)n(-c3ccc(OC)cc3)[nH][n+]2CCCCOC(C)=O)cc1. The number of nitrogens with one attached hydrogen (secondary N) is 2. The van der Waals surface area contributed by atoms with Crippen LogP contribution < -0.4 is 25.0 Å². The zero-order valence-electron chi connectivity index (χ0n) is 18.8. The highest BCUT2D eigenvalue weighted by atomic mass is 16.5. The van der Waals surface area contributed by atoms with Crippen LogP contribution >= 0.6 is 0 Å². The number of benzene rings is 2. The number of hydrogen-bond acceptors (Lipinski definition) is 6. The van der Waals surface area contributed by atoms with Crippen molar-refractivity contribution in [1.82, 2.24) is 9.90 Å². The first-order valence-corrected chi connectivity index (χ1v) is 10.4. The van der Waals surface area contributed by atoms with Crippen molar-refractivity contribution in [1.29, 1.82) is 0 Å². The number of aromatic amines is 1. The van der Waals surface area contributed by atoms with Crippen molar-refractivity contribution in [3.05, 3.63) is 64.6 Å². The molecule has 3 rings (SSSR count). The minimum absolute atomic E-state index is 0.0471. The van der Waals surface area contributed by atoms with Crippen LogP contribution in [0.2, 0.25) is 0 Å². The molecule has 0 radical (unpaired) electrons. The van der Waals surface area contributed by atoms with Gasteiger partial charge in [-0.05, 0) is 61.4 Å². The number of hydrogen-bond donors (Lipinski definition) is 2. The predicted octanol–water partition coefficient (Wildman–Crippen LogP) is 2.07. The third kappa shape index (κ3) is 6.00. The summed E-state index contributed by atoms with van der Waals surface area (Å²) in [6, 6.07) is 13.7. The van der Waals surface area contributed by atoms with E-state index in [1.807, 2.05) is 0 Å². The van der Waals surface area contributed by atoms with Crippen LogP contribution in [0.15, 0.2) is 53.3 Å². The number of methoxy groups -OCH3 is 2. The molecule has 0 atom stereocenters. The lowest BCUT2D eigenvalue weighted by atomic mass is 10.2. The third-order valence-corrected chi connectivity index (χ3v) is 4.87. The van der Waals surface area contributed by atoms with E-state index >= 15 is 0 Å². The second kappa shape index (κ2) is 11.0. The highest BCUT2D eigenvalue weighted by Gasteiger charge is 2.29. The van der Waals surface area contributed by atoms with E-state index < -0.39 is 11.5 Å². The van der Waals surface area contributed by atoms with Crippen LogP contribution in [0.25, 0.3) is 5.69 Å². The summed E-state index contributed by atoms with van der Waals surface area (Å²) in [6.45, 7) is 1.97. The van der Waals surface area contributed by atoms with E-state index in [0.29, 0.717) is 42.3 Å². The fraction of sp³-hybridized carbons (Fsp3) is 0.304. The number of carbonyl (C=O) groups is 2. The topological polar surface area (TPSA) is 116 Å². The van der Waals surface area contributed by atoms with Gasteiger partial charge in [-0.25, -0.2) is 4.79 Å². The summed E-state index contributed by atoms with van der Waals surface area (Å²) >= 11 is 0. The monoisotopic (exact) mass is 455 g/mol. The molecule has 2 aromatic carbocycles. The number of H-pyrrole nitrogens is 1. The van der Waals surface area contributed by atoms with E-state index in [1.54, 1.807) is 62.8 Å². The number of unbranched alkanes of at least 4 members (excludes halogenated alkanes) is 1. The highest BCUT2D eigenvalue weighted by Crippen LogP contribution is 2.16. The smallest absolute Gasteiger partial charge is 0.411 e. The Labute approximate surface area is 190 Å².